The van der Waals surface area contributed by atoms with Gasteiger partial charge < -0.3 is 9.13 Å². The summed E-state index contributed by atoms with van der Waals surface area (Å²) in [5, 5.41) is 12.2. The molecule has 0 saturated heterocycles. The van der Waals surface area contributed by atoms with Crippen LogP contribution in [0.4, 0.5) is 0 Å². The summed E-state index contributed by atoms with van der Waals surface area (Å²) in [6.45, 7) is 4.60. The monoisotopic (exact) mass is 1520 g/mol. The van der Waals surface area contributed by atoms with Gasteiger partial charge in [-0.05, 0) is 160 Å². The van der Waals surface area contributed by atoms with Crippen molar-refractivity contribution in [2.24, 2.45) is 0 Å². The molecule has 0 radical (unpaired) electrons. The average molecular weight is 1520 g/mol. The van der Waals surface area contributed by atoms with Gasteiger partial charge in [0.2, 0.25) is 0 Å². The molecule has 0 saturated carbocycles. The highest BCUT2D eigenvalue weighted by molar-refractivity contribution is 7.85. The molecular weight excluding hydrogens is 1450 g/mol. The average Bonchev–Trinajstić information content (AvgIpc) is 1.51. The van der Waals surface area contributed by atoms with Gasteiger partial charge >= 0.3 is 0 Å². The molecule has 17 aromatic carbocycles. The maximum Gasteiger partial charge on any atom is 0.171 e. The Kier molecular flexibility index (Phi) is 16.0. The van der Waals surface area contributed by atoms with Crippen molar-refractivity contribution >= 4 is 123 Å². The molecule has 4 heterocycles. The molecule has 116 heavy (non-hydrogen) atoms. The SMILES string of the molecule is CC1(C)c2cc(-c3ccc4c5ccccc5c5nc6ccccc6n5c4c3)ccc2-c2ccc(P(=O)(c3ccccc3)c3ccccc3)cc21.O=P(c1ccccc1)(c1ccccc1)c1ccc2c(c1)C(c1ccccc1)(c1ccccc1)c1cc(-c3ccc(-c4ccc5c6ccccc6c6nc7ccccc7n6c5c4)cc3)ccc1-2. The summed E-state index contributed by atoms with van der Waals surface area (Å²) in [6.07, 6.45) is 0. The van der Waals surface area contributed by atoms with Crippen LogP contribution in [-0.4, -0.2) is 18.8 Å². The van der Waals surface area contributed by atoms with Crippen LogP contribution in [-0.2, 0) is 20.0 Å². The molecule has 2 aliphatic rings. The molecule has 8 heteroatoms. The number of pyridine rings is 2. The first-order valence-electron chi connectivity index (χ1n) is 39.7. The van der Waals surface area contributed by atoms with Crippen LogP contribution in [0, 0.1) is 0 Å². The smallest absolute Gasteiger partial charge is 0.171 e. The number of para-hydroxylation sites is 4. The molecule has 0 aliphatic heterocycles. The highest BCUT2D eigenvalue weighted by Gasteiger charge is 2.48. The number of fused-ring (bicyclic) bond motifs is 22. The van der Waals surface area contributed by atoms with Crippen molar-refractivity contribution in [2.45, 2.75) is 24.7 Å². The first-order chi connectivity index (χ1) is 57.0. The largest absolute Gasteiger partial charge is 0.309 e. The van der Waals surface area contributed by atoms with Crippen molar-refractivity contribution in [1.82, 2.24) is 18.8 Å². The molecule has 2 aliphatic carbocycles. The lowest BCUT2D eigenvalue weighted by Crippen LogP contribution is -2.31. The summed E-state index contributed by atoms with van der Waals surface area (Å²) in [4.78, 5) is 10.2. The van der Waals surface area contributed by atoms with E-state index in [1.165, 1.54) is 77.2 Å². The third kappa shape index (κ3) is 10.5. The van der Waals surface area contributed by atoms with Gasteiger partial charge in [-0.15, -0.1) is 0 Å². The van der Waals surface area contributed by atoms with Gasteiger partial charge in [0.1, 0.15) is 11.3 Å². The second-order valence-corrected chi connectivity index (χ2v) is 36.8. The van der Waals surface area contributed by atoms with Crippen LogP contribution < -0.4 is 31.8 Å². The number of nitrogens with zero attached hydrogens (tertiary/aromatic N) is 4. The molecule has 548 valence electrons. The van der Waals surface area contributed by atoms with Crippen molar-refractivity contribution in [3.05, 3.63) is 446 Å². The second kappa shape index (κ2) is 26.9. The first kappa shape index (κ1) is 68.9. The predicted molar refractivity (Wildman–Crippen MR) is 485 cm³/mol. The second-order valence-electron chi connectivity index (χ2n) is 31.3. The van der Waals surface area contributed by atoms with Gasteiger partial charge in [0, 0.05) is 58.8 Å². The molecule has 21 aromatic rings. The van der Waals surface area contributed by atoms with E-state index in [1.807, 2.05) is 121 Å². The molecule has 0 N–H and O–H groups in total. The van der Waals surface area contributed by atoms with Crippen molar-refractivity contribution in [3.63, 3.8) is 0 Å². The van der Waals surface area contributed by atoms with Crippen LogP contribution in [0.25, 0.3) is 132 Å². The van der Waals surface area contributed by atoms with Gasteiger partial charge in [0.05, 0.1) is 38.5 Å². The van der Waals surface area contributed by atoms with E-state index in [1.54, 1.807) is 0 Å². The molecule has 0 unspecified atom stereocenters. The van der Waals surface area contributed by atoms with Crippen molar-refractivity contribution in [3.8, 4) is 55.6 Å². The van der Waals surface area contributed by atoms with Crippen LogP contribution in [0.1, 0.15) is 47.2 Å². The van der Waals surface area contributed by atoms with Gasteiger partial charge in [-0.3, -0.25) is 8.80 Å². The normalized spacial score (nSPS) is 13.3. The summed E-state index contributed by atoms with van der Waals surface area (Å²) in [6, 6.07) is 145. The zero-order valence-electron chi connectivity index (χ0n) is 63.8. The van der Waals surface area contributed by atoms with Gasteiger partial charge in [0.15, 0.2) is 14.3 Å². The first-order valence-corrected chi connectivity index (χ1v) is 43.1. The highest BCUT2D eigenvalue weighted by Crippen LogP contribution is 2.59. The number of aromatic nitrogens is 4. The fourth-order valence-corrected chi connectivity index (χ4v) is 24.6. The van der Waals surface area contributed by atoms with E-state index in [0.29, 0.717) is 0 Å². The van der Waals surface area contributed by atoms with E-state index >= 15 is 9.13 Å². The molecule has 4 aromatic heterocycles. The van der Waals surface area contributed by atoms with Crippen LogP contribution in [0.3, 0.4) is 0 Å². The van der Waals surface area contributed by atoms with E-state index in [9.17, 15) is 0 Å². The van der Waals surface area contributed by atoms with E-state index in [2.05, 4.69) is 314 Å². The predicted octanol–water partition coefficient (Wildman–Crippen LogP) is 24.5. The maximum absolute atomic E-state index is 16.0. The third-order valence-electron chi connectivity index (χ3n) is 24.8. The lowest BCUT2D eigenvalue weighted by molar-refractivity contribution is 0.591. The van der Waals surface area contributed by atoms with Crippen LogP contribution in [0.5, 0.6) is 0 Å². The van der Waals surface area contributed by atoms with Crippen molar-refractivity contribution in [2.75, 3.05) is 0 Å². The molecule has 0 bridgehead atoms. The maximum atomic E-state index is 16.0. The summed E-state index contributed by atoms with van der Waals surface area (Å²) >= 11 is 0. The number of imidazole rings is 2. The summed E-state index contributed by atoms with van der Waals surface area (Å²) in [7, 11) is -6.38. The minimum atomic E-state index is -3.28. The van der Waals surface area contributed by atoms with E-state index in [4.69, 9.17) is 9.97 Å². The standard InChI is InChI=1S/C62H41N2OP.C46H33N2OP/c65-66(48-21-9-3-10-22-48,49-23-11-4-12-24-49)50-35-38-53-52-36-33-44(39-56(52)62(57(53)41-50,46-17-5-1-6-18-46)47-19-7-2-8-20-47)42-29-31-43(32-30-42)45-34-37-54-51-25-13-14-26-55(51)61-63-58-27-15-16-28-59(58)64(61)60(54)40-45;1-46(2)40-27-30(31-22-25-38-35-17-9-10-18-39(35)45-47-42-19-11-12-20-43(42)48(45)44(38)28-31)21-24-36(40)37-26-23-34(29-41(37)46)50(49,32-13-5-3-6-14-32)33-15-7-4-8-16-33/h1-41H;3-29H,1-2H3. The molecule has 0 amide bonds. The van der Waals surface area contributed by atoms with Crippen LogP contribution >= 0.6 is 14.3 Å². The minimum Gasteiger partial charge on any atom is -0.309 e. The lowest BCUT2D eigenvalue weighted by atomic mass is 9.67. The third-order valence-corrected chi connectivity index (χ3v) is 30.9. The number of hydrogen-bond acceptors (Lipinski definition) is 4. The van der Waals surface area contributed by atoms with E-state index < -0.39 is 19.7 Å². The Hall–Kier alpha value is -13.9. The Balaban J connectivity index is 0.000000146. The zero-order chi connectivity index (χ0) is 77.4. The quantitative estimate of drug-likeness (QED) is 0.0956. The molecule has 0 atom stereocenters. The Morgan fingerprint density at radius 3 is 0.957 bits per heavy atom. The molecule has 0 spiro atoms. The topological polar surface area (TPSA) is 68.7 Å². The summed E-state index contributed by atoms with van der Waals surface area (Å²) < 4.78 is 35.9. The summed E-state index contributed by atoms with van der Waals surface area (Å²) in [5.41, 5.74) is 26.4. The lowest BCUT2D eigenvalue weighted by Gasteiger charge is -2.34. The van der Waals surface area contributed by atoms with Gasteiger partial charge in [-0.1, -0.05) is 366 Å². The Labute approximate surface area is 672 Å². The Bertz CT molecular complexity index is 7530. The van der Waals surface area contributed by atoms with E-state index in [-0.39, 0.29) is 5.41 Å². The van der Waals surface area contributed by atoms with Crippen LogP contribution in [0.15, 0.2) is 413 Å². The van der Waals surface area contributed by atoms with Gasteiger partial charge in [-0.25, -0.2) is 9.97 Å². The fraction of sp³-hybridized carbons (Fsp3) is 0.0370. The Morgan fingerprint density at radius 2 is 0.526 bits per heavy atom. The number of rotatable bonds is 11. The minimum absolute atomic E-state index is 0.282. The number of benzene rings is 17. The van der Waals surface area contributed by atoms with Gasteiger partial charge in [-0.2, -0.15) is 0 Å². The van der Waals surface area contributed by atoms with Gasteiger partial charge in [0.25, 0.3) is 0 Å². The highest BCUT2D eigenvalue weighted by atomic mass is 31.2. The molecular formula is C108H74N4O2P2. The molecule has 0 fully saturated rings. The Morgan fingerprint density at radius 1 is 0.233 bits per heavy atom. The van der Waals surface area contributed by atoms with Crippen molar-refractivity contribution < 1.29 is 9.13 Å². The fourth-order valence-electron chi connectivity index (χ4n) is 19.2. The molecule has 23 rings (SSSR count). The van der Waals surface area contributed by atoms with Crippen molar-refractivity contribution in [1.29, 1.82) is 0 Å². The number of hydrogen-bond donors (Lipinski definition) is 0. The summed E-state index contributed by atoms with van der Waals surface area (Å²) in [5.74, 6) is 0. The molecule has 6 nitrogen and oxygen atoms in total. The van der Waals surface area contributed by atoms with E-state index in [0.717, 1.165) is 120 Å². The van der Waals surface area contributed by atoms with Crippen LogP contribution in [0.2, 0.25) is 0 Å². The zero-order valence-corrected chi connectivity index (χ0v) is 65.5.